The molecule has 0 aromatic heterocycles. The Balaban J connectivity index is 2.63. The van der Waals surface area contributed by atoms with Crippen molar-refractivity contribution in [3.8, 4) is 5.75 Å². The molecule has 1 rings (SSSR count). The summed E-state index contributed by atoms with van der Waals surface area (Å²) in [4.78, 5) is 0. The molecule has 1 aromatic carbocycles. The summed E-state index contributed by atoms with van der Waals surface area (Å²) in [5.41, 5.74) is 2.54. The van der Waals surface area contributed by atoms with Crippen molar-refractivity contribution < 1.29 is 14.9 Å². The van der Waals surface area contributed by atoms with Gasteiger partial charge >= 0.3 is 0 Å². The van der Waals surface area contributed by atoms with Gasteiger partial charge in [0.1, 0.15) is 18.5 Å². The lowest BCUT2D eigenvalue weighted by Crippen LogP contribution is -2.21. The molecule has 0 saturated heterocycles. The number of aliphatic hydroxyl groups is 2. The Morgan fingerprint density at radius 3 is 2.75 bits per heavy atom. The van der Waals surface area contributed by atoms with Crippen LogP contribution in [0.4, 0.5) is 0 Å². The predicted molar refractivity (Wildman–Crippen MR) is 63.8 cm³/mol. The lowest BCUT2D eigenvalue weighted by Gasteiger charge is -2.12. The molecular formula is C13H20O3. The molecule has 1 atom stereocenters. The zero-order chi connectivity index (χ0) is 12.0. The molecule has 1 unspecified atom stereocenters. The Hall–Kier alpha value is -1.06. The molecule has 0 aliphatic carbocycles. The highest BCUT2D eigenvalue weighted by Crippen LogP contribution is 2.18. The summed E-state index contributed by atoms with van der Waals surface area (Å²) in [6, 6.07) is 5.91. The largest absolute Gasteiger partial charge is 0.491 e. The molecule has 90 valence electrons. The number of aryl methyl sites for hydroxylation is 2. The number of aliphatic hydroxyl groups excluding tert-OH is 2. The number of benzene rings is 1. The van der Waals surface area contributed by atoms with Crippen molar-refractivity contribution in [3.63, 3.8) is 0 Å². The molecule has 3 nitrogen and oxygen atoms in total. The van der Waals surface area contributed by atoms with Gasteiger partial charge in [-0.25, -0.2) is 0 Å². The normalized spacial score (nSPS) is 12.5. The van der Waals surface area contributed by atoms with E-state index in [9.17, 15) is 5.11 Å². The van der Waals surface area contributed by atoms with Crippen LogP contribution in [0.5, 0.6) is 5.75 Å². The van der Waals surface area contributed by atoms with Crippen LogP contribution in [0.25, 0.3) is 0 Å². The van der Waals surface area contributed by atoms with Crippen molar-refractivity contribution in [1.82, 2.24) is 0 Å². The van der Waals surface area contributed by atoms with Crippen molar-refractivity contribution in [2.45, 2.75) is 32.8 Å². The third kappa shape index (κ3) is 3.83. The Kier molecular flexibility index (Phi) is 5.29. The Labute approximate surface area is 96.7 Å². The van der Waals surface area contributed by atoms with Crippen LogP contribution in [0, 0.1) is 6.92 Å². The van der Waals surface area contributed by atoms with Gasteiger partial charge in [-0.2, -0.15) is 0 Å². The van der Waals surface area contributed by atoms with Gasteiger partial charge < -0.3 is 14.9 Å². The van der Waals surface area contributed by atoms with Crippen molar-refractivity contribution in [3.05, 3.63) is 29.3 Å². The van der Waals surface area contributed by atoms with Gasteiger partial charge in [0.05, 0.1) is 6.61 Å². The van der Waals surface area contributed by atoms with Crippen molar-refractivity contribution >= 4 is 0 Å². The van der Waals surface area contributed by atoms with Crippen LogP contribution in [0.2, 0.25) is 0 Å². The topological polar surface area (TPSA) is 49.7 Å². The first-order valence-corrected chi connectivity index (χ1v) is 5.68. The average molecular weight is 224 g/mol. The minimum Gasteiger partial charge on any atom is -0.491 e. The third-order valence-electron chi connectivity index (χ3n) is 2.49. The van der Waals surface area contributed by atoms with Crippen LogP contribution in [0.1, 0.15) is 24.5 Å². The molecule has 1 aromatic rings. The van der Waals surface area contributed by atoms with Gasteiger partial charge in [-0.1, -0.05) is 19.4 Å². The lowest BCUT2D eigenvalue weighted by molar-refractivity contribution is 0.0536. The fraction of sp³-hybridized carbons (Fsp3) is 0.538. The van der Waals surface area contributed by atoms with Crippen LogP contribution in [0.3, 0.4) is 0 Å². The summed E-state index contributed by atoms with van der Waals surface area (Å²) in [6.07, 6.45) is 1.32. The molecule has 0 bridgehead atoms. The average Bonchev–Trinajstić information content (AvgIpc) is 2.30. The maximum absolute atomic E-state index is 9.17. The molecule has 0 spiro atoms. The van der Waals surface area contributed by atoms with Crippen molar-refractivity contribution in [2.75, 3.05) is 13.2 Å². The molecule has 16 heavy (non-hydrogen) atoms. The molecule has 0 radical (unpaired) electrons. The number of hydrogen-bond acceptors (Lipinski definition) is 3. The summed E-state index contributed by atoms with van der Waals surface area (Å²) >= 11 is 0. The van der Waals surface area contributed by atoms with E-state index in [-0.39, 0.29) is 13.2 Å². The predicted octanol–water partition coefficient (Wildman–Crippen LogP) is 1.68. The Bertz CT molecular complexity index is 323. The fourth-order valence-electron chi connectivity index (χ4n) is 1.52. The molecule has 0 amide bonds. The molecule has 0 heterocycles. The Morgan fingerprint density at radius 1 is 1.38 bits per heavy atom. The van der Waals surface area contributed by atoms with Gasteiger partial charge in [0.25, 0.3) is 0 Å². The Morgan fingerprint density at radius 2 is 2.12 bits per heavy atom. The molecule has 0 fully saturated rings. The van der Waals surface area contributed by atoms with Crippen LogP contribution >= 0.6 is 0 Å². The first-order chi connectivity index (χ1) is 7.67. The van der Waals surface area contributed by atoms with Gasteiger partial charge in [-0.05, 0) is 36.6 Å². The van der Waals surface area contributed by atoms with Crippen molar-refractivity contribution in [1.29, 1.82) is 0 Å². The minimum absolute atomic E-state index is 0.130. The standard InChI is InChI=1S/C13H20O3/c1-3-4-11-7-13(6-5-10(11)2)16-9-12(15)8-14/h5-7,12,14-15H,3-4,8-9H2,1-2H3. The van der Waals surface area contributed by atoms with E-state index in [1.54, 1.807) is 0 Å². The monoisotopic (exact) mass is 224 g/mol. The molecule has 0 aliphatic rings. The summed E-state index contributed by atoms with van der Waals surface area (Å²) in [5, 5.41) is 17.8. The fourth-order valence-corrected chi connectivity index (χ4v) is 1.52. The number of ether oxygens (including phenoxy) is 1. The van der Waals surface area contributed by atoms with E-state index in [0.717, 1.165) is 18.6 Å². The third-order valence-corrected chi connectivity index (χ3v) is 2.49. The highest BCUT2D eigenvalue weighted by Gasteiger charge is 2.04. The lowest BCUT2D eigenvalue weighted by atomic mass is 10.0. The van der Waals surface area contributed by atoms with Gasteiger partial charge in [0.15, 0.2) is 0 Å². The van der Waals surface area contributed by atoms with E-state index in [2.05, 4.69) is 13.8 Å². The molecule has 0 aliphatic heterocycles. The molecule has 3 heteroatoms. The van der Waals surface area contributed by atoms with Crippen LogP contribution < -0.4 is 4.74 Å². The molecule has 0 saturated carbocycles. The first-order valence-electron chi connectivity index (χ1n) is 5.68. The second-order valence-electron chi connectivity index (χ2n) is 3.99. The smallest absolute Gasteiger partial charge is 0.119 e. The number of hydrogen-bond donors (Lipinski definition) is 2. The van der Waals surface area contributed by atoms with E-state index >= 15 is 0 Å². The zero-order valence-electron chi connectivity index (χ0n) is 9.94. The van der Waals surface area contributed by atoms with Gasteiger partial charge in [-0.3, -0.25) is 0 Å². The summed E-state index contributed by atoms with van der Waals surface area (Å²) < 4.78 is 5.39. The molecular weight excluding hydrogens is 204 g/mol. The second kappa shape index (κ2) is 6.51. The quantitative estimate of drug-likeness (QED) is 0.773. The SMILES string of the molecule is CCCc1cc(OCC(O)CO)ccc1C. The van der Waals surface area contributed by atoms with E-state index < -0.39 is 6.10 Å². The van der Waals surface area contributed by atoms with E-state index in [1.165, 1.54) is 11.1 Å². The number of rotatable bonds is 6. The highest BCUT2D eigenvalue weighted by molar-refractivity contribution is 5.35. The van der Waals surface area contributed by atoms with Crippen LogP contribution in [-0.4, -0.2) is 29.5 Å². The summed E-state index contributed by atoms with van der Waals surface area (Å²) in [7, 11) is 0. The highest BCUT2D eigenvalue weighted by atomic mass is 16.5. The maximum atomic E-state index is 9.17. The van der Waals surface area contributed by atoms with Gasteiger partial charge in [0.2, 0.25) is 0 Å². The van der Waals surface area contributed by atoms with Gasteiger partial charge in [-0.15, -0.1) is 0 Å². The van der Waals surface area contributed by atoms with E-state index in [4.69, 9.17) is 9.84 Å². The molecule has 2 N–H and O–H groups in total. The zero-order valence-corrected chi connectivity index (χ0v) is 9.94. The second-order valence-corrected chi connectivity index (χ2v) is 3.99. The van der Waals surface area contributed by atoms with Gasteiger partial charge in [0, 0.05) is 0 Å². The van der Waals surface area contributed by atoms with Crippen molar-refractivity contribution in [2.24, 2.45) is 0 Å². The van der Waals surface area contributed by atoms with E-state index in [1.807, 2.05) is 18.2 Å². The maximum Gasteiger partial charge on any atom is 0.119 e. The summed E-state index contributed by atoms with van der Waals surface area (Å²) in [6.45, 7) is 4.08. The van der Waals surface area contributed by atoms with Crippen LogP contribution in [-0.2, 0) is 6.42 Å². The van der Waals surface area contributed by atoms with E-state index in [0.29, 0.717) is 0 Å². The summed E-state index contributed by atoms with van der Waals surface area (Å²) in [5.74, 6) is 0.751. The van der Waals surface area contributed by atoms with Crippen LogP contribution in [0.15, 0.2) is 18.2 Å². The first kappa shape index (κ1) is 13.0. The minimum atomic E-state index is -0.809.